The Hall–Kier alpha value is -3.41. The van der Waals surface area contributed by atoms with Crippen molar-refractivity contribution in [2.24, 2.45) is 5.92 Å². The van der Waals surface area contributed by atoms with E-state index in [-0.39, 0.29) is 52.9 Å². The van der Waals surface area contributed by atoms with Gasteiger partial charge in [-0.1, -0.05) is 13.5 Å². The van der Waals surface area contributed by atoms with Crippen molar-refractivity contribution in [1.29, 1.82) is 0 Å². The lowest BCUT2D eigenvalue weighted by atomic mass is 9.75. The standard InChI is InChI=1S/C32H42F3N7O2/c1-5-26(43)41-13-8-21(17-41)40(4)29-23-14-19(2)22(28-27(32(33,34)35)20(3)15-25(36)38-28)16-24(23)37-30(39-29)44-18-31-9-6-11-42(31)12-7-10-31/h5,15,19,21-22H,1,6-14,16-18H2,2-4H3,(H2,36,38). The number of nitrogens with zero attached hydrogens (tertiary/aromatic N) is 6. The number of alkyl halides is 3. The van der Waals surface area contributed by atoms with Crippen LogP contribution in [0.1, 0.15) is 73.0 Å². The summed E-state index contributed by atoms with van der Waals surface area (Å²) in [5.41, 5.74) is 6.91. The molecule has 12 heteroatoms. The Balaban J connectivity index is 1.37. The molecule has 9 nitrogen and oxygen atoms in total. The number of nitrogen functional groups attached to an aromatic ring is 1. The lowest BCUT2D eigenvalue weighted by molar-refractivity contribution is -0.139. The fourth-order valence-corrected chi connectivity index (χ4v) is 8.05. The van der Waals surface area contributed by atoms with Gasteiger partial charge in [0.15, 0.2) is 0 Å². The molecule has 3 aliphatic heterocycles. The molecule has 0 saturated carbocycles. The van der Waals surface area contributed by atoms with Crippen LogP contribution in [0.15, 0.2) is 18.7 Å². The molecule has 6 rings (SSSR count). The van der Waals surface area contributed by atoms with E-state index in [1.807, 2.05) is 14.0 Å². The second-order valence-corrected chi connectivity index (χ2v) is 13.1. The summed E-state index contributed by atoms with van der Waals surface area (Å²) in [6, 6.07) is 1.55. The molecule has 238 valence electrons. The molecule has 0 aromatic carbocycles. The van der Waals surface area contributed by atoms with Crippen LogP contribution in [0.3, 0.4) is 0 Å². The van der Waals surface area contributed by atoms with E-state index in [9.17, 15) is 18.0 Å². The van der Waals surface area contributed by atoms with Gasteiger partial charge in [0, 0.05) is 37.7 Å². The topological polar surface area (TPSA) is 101 Å². The van der Waals surface area contributed by atoms with Gasteiger partial charge in [0.1, 0.15) is 18.2 Å². The van der Waals surface area contributed by atoms with Crippen LogP contribution >= 0.6 is 0 Å². The SMILES string of the molecule is C=CC(=O)N1CCC(N(C)c2nc(OCC34CCCN3CCC4)nc3c2CC(C)C(c2nc(N)cc(C)c2C(F)(F)F)C3)C1. The van der Waals surface area contributed by atoms with Crippen molar-refractivity contribution in [1.82, 2.24) is 24.8 Å². The summed E-state index contributed by atoms with van der Waals surface area (Å²) in [6.45, 7) is 10.8. The van der Waals surface area contributed by atoms with E-state index >= 15 is 0 Å². The summed E-state index contributed by atoms with van der Waals surface area (Å²) < 4.78 is 49.4. The minimum Gasteiger partial charge on any atom is -0.461 e. The first-order chi connectivity index (χ1) is 20.9. The van der Waals surface area contributed by atoms with Gasteiger partial charge >= 0.3 is 12.2 Å². The average molecular weight is 614 g/mol. The molecule has 0 bridgehead atoms. The van der Waals surface area contributed by atoms with Gasteiger partial charge in [-0.05, 0) is 88.6 Å². The quantitative estimate of drug-likeness (QED) is 0.455. The number of ether oxygens (including phenoxy) is 1. The first kappa shape index (κ1) is 30.6. The van der Waals surface area contributed by atoms with Crippen LogP contribution in [-0.2, 0) is 23.8 Å². The first-order valence-corrected chi connectivity index (χ1v) is 15.7. The van der Waals surface area contributed by atoms with Gasteiger partial charge < -0.3 is 20.3 Å². The van der Waals surface area contributed by atoms with E-state index < -0.39 is 17.7 Å². The molecule has 2 aromatic rings. The fourth-order valence-electron chi connectivity index (χ4n) is 8.05. The Morgan fingerprint density at radius 1 is 1.20 bits per heavy atom. The highest BCUT2D eigenvalue weighted by molar-refractivity contribution is 5.87. The first-order valence-electron chi connectivity index (χ1n) is 15.7. The minimum absolute atomic E-state index is 0.00992. The summed E-state index contributed by atoms with van der Waals surface area (Å²) >= 11 is 0. The molecule has 5 heterocycles. The molecule has 3 unspecified atom stereocenters. The molecule has 44 heavy (non-hydrogen) atoms. The molecule has 3 fully saturated rings. The molecule has 0 radical (unpaired) electrons. The number of hydrogen-bond acceptors (Lipinski definition) is 8. The van der Waals surface area contributed by atoms with Crippen molar-refractivity contribution in [2.45, 2.75) is 82.5 Å². The average Bonchev–Trinajstić information content (AvgIpc) is 3.70. The normalized spacial score (nSPS) is 24.7. The molecular weight excluding hydrogens is 571 g/mol. The Labute approximate surface area is 256 Å². The van der Waals surface area contributed by atoms with E-state index in [1.54, 1.807) is 4.90 Å². The second-order valence-electron chi connectivity index (χ2n) is 13.1. The van der Waals surface area contributed by atoms with E-state index in [4.69, 9.17) is 20.4 Å². The maximum Gasteiger partial charge on any atom is 0.418 e. The summed E-state index contributed by atoms with van der Waals surface area (Å²) in [7, 11) is 1.97. The molecule has 4 aliphatic rings. The molecule has 3 atom stereocenters. The van der Waals surface area contributed by atoms with Gasteiger partial charge in [-0.2, -0.15) is 23.1 Å². The number of likely N-dealkylation sites (tertiary alicyclic amines) is 1. The summed E-state index contributed by atoms with van der Waals surface area (Å²) in [5.74, 6) is -0.0196. The number of likely N-dealkylation sites (N-methyl/N-ethyl adjacent to an activating group) is 1. The van der Waals surface area contributed by atoms with Gasteiger partial charge in [-0.3, -0.25) is 9.69 Å². The molecule has 2 N–H and O–H groups in total. The van der Waals surface area contributed by atoms with E-state index in [1.165, 1.54) is 19.1 Å². The zero-order chi connectivity index (χ0) is 31.4. The number of halogens is 3. The predicted octanol–water partition coefficient (Wildman–Crippen LogP) is 4.53. The number of carbonyl (C=O) groups excluding carboxylic acids is 1. The van der Waals surface area contributed by atoms with E-state index in [0.29, 0.717) is 37.6 Å². The number of carbonyl (C=O) groups is 1. The van der Waals surface area contributed by atoms with E-state index in [0.717, 1.165) is 50.8 Å². The van der Waals surface area contributed by atoms with Gasteiger partial charge in [0.05, 0.1) is 22.5 Å². The molecule has 2 aromatic heterocycles. The lowest BCUT2D eigenvalue weighted by Gasteiger charge is -2.36. The van der Waals surface area contributed by atoms with Gasteiger partial charge in [0.2, 0.25) is 5.91 Å². The number of aryl methyl sites for hydroxylation is 1. The van der Waals surface area contributed by atoms with Gasteiger partial charge in [0.25, 0.3) is 0 Å². The van der Waals surface area contributed by atoms with Gasteiger partial charge in [-0.15, -0.1) is 0 Å². The maximum absolute atomic E-state index is 14.3. The molecular formula is C32H42F3N7O2. The lowest BCUT2D eigenvalue weighted by Crippen LogP contribution is -2.43. The Bertz CT molecular complexity index is 1440. The molecule has 1 aliphatic carbocycles. The molecule has 3 saturated heterocycles. The van der Waals surface area contributed by atoms with Crippen molar-refractivity contribution in [2.75, 3.05) is 50.5 Å². The van der Waals surface area contributed by atoms with E-state index in [2.05, 4.69) is 21.4 Å². The van der Waals surface area contributed by atoms with Crippen LogP contribution in [0.4, 0.5) is 24.8 Å². The molecule has 1 amide bonds. The van der Waals surface area contributed by atoms with Crippen LogP contribution in [0, 0.1) is 12.8 Å². The van der Waals surface area contributed by atoms with Crippen molar-refractivity contribution in [3.8, 4) is 6.01 Å². The summed E-state index contributed by atoms with van der Waals surface area (Å²) in [6.07, 6.45) is 2.69. The zero-order valence-electron chi connectivity index (χ0n) is 25.8. The number of pyridine rings is 1. The van der Waals surface area contributed by atoms with Crippen molar-refractivity contribution in [3.63, 3.8) is 0 Å². The van der Waals surface area contributed by atoms with Crippen LogP contribution in [0.25, 0.3) is 0 Å². The Kier molecular flexibility index (Phi) is 8.00. The third-order valence-electron chi connectivity index (χ3n) is 10.4. The van der Waals surface area contributed by atoms with Crippen LogP contribution in [0.5, 0.6) is 6.01 Å². The fraction of sp³-hybridized carbons (Fsp3) is 0.625. The Morgan fingerprint density at radius 3 is 2.61 bits per heavy atom. The van der Waals surface area contributed by atoms with Crippen LogP contribution < -0.4 is 15.4 Å². The monoisotopic (exact) mass is 613 g/mol. The third kappa shape index (κ3) is 5.50. The summed E-state index contributed by atoms with van der Waals surface area (Å²) in [5, 5.41) is 0. The predicted molar refractivity (Wildman–Crippen MR) is 162 cm³/mol. The smallest absolute Gasteiger partial charge is 0.418 e. The maximum atomic E-state index is 14.3. The Morgan fingerprint density at radius 2 is 1.93 bits per heavy atom. The van der Waals surface area contributed by atoms with Crippen LogP contribution in [-0.4, -0.2) is 82.1 Å². The second kappa shape index (κ2) is 11.5. The number of nitrogens with two attached hydrogens (primary N) is 1. The van der Waals surface area contributed by atoms with Crippen molar-refractivity contribution in [3.05, 3.63) is 46.8 Å². The van der Waals surface area contributed by atoms with Crippen molar-refractivity contribution < 1.29 is 22.7 Å². The number of amides is 1. The number of hydrogen-bond donors (Lipinski definition) is 1. The highest BCUT2D eigenvalue weighted by Crippen LogP contribution is 2.45. The molecule has 0 spiro atoms. The highest BCUT2D eigenvalue weighted by atomic mass is 19.4. The number of aromatic nitrogens is 3. The highest BCUT2D eigenvalue weighted by Gasteiger charge is 2.46. The zero-order valence-corrected chi connectivity index (χ0v) is 25.8. The largest absolute Gasteiger partial charge is 0.461 e. The summed E-state index contributed by atoms with van der Waals surface area (Å²) in [4.78, 5) is 32.8. The third-order valence-corrected chi connectivity index (χ3v) is 10.4. The van der Waals surface area contributed by atoms with Crippen molar-refractivity contribution >= 4 is 17.5 Å². The number of anilines is 2. The number of rotatable bonds is 7. The van der Waals surface area contributed by atoms with Crippen LogP contribution in [0.2, 0.25) is 0 Å². The van der Waals surface area contributed by atoms with Gasteiger partial charge in [-0.25, -0.2) is 4.98 Å². The minimum atomic E-state index is -4.56. The number of fused-ring (bicyclic) bond motifs is 2.